The molecule has 26 heavy (non-hydrogen) atoms. The lowest BCUT2D eigenvalue weighted by Crippen LogP contribution is -2.37. The molecule has 0 aliphatic heterocycles. The van der Waals surface area contributed by atoms with Crippen molar-refractivity contribution in [2.24, 2.45) is 4.99 Å². The van der Waals surface area contributed by atoms with Crippen LogP contribution >= 0.6 is 11.3 Å². The predicted molar refractivity (Wildman–Crippen MR) is 102 cm³/mol. The van der Waals surface area contributed by atoms with E-state index in [0.717, 1.165) is 42.6 Å². The molecule has 1 rings (SSSR count). The number of aromatic nitrogens is 1. The van der Waals surface area contributed by atoms with Gasteiger partial charge in [0, 0.05) is 18.5 Å². The molecule has 1 aromatic heterocycles. The van der Waals surface area contributed by atoms with Gasteiger partial charge >= 0.3 is 6.18 Å². The number of nitrogens with zero attached hydrogens (tertiary/aromatic N) is 3. The van der Waals surface area contributed by atoms with Crippen LogP contribution < -0.4 is 10.6 Å². The van der Waals surface area contributed by atoms with Gasteiger partial charge in [-0.25, -0.2) is 9.98 Å². The molecule has 2 N–H and O–H groups in total. The summed E-state index contributed by atoms with van der Waals surface area (Å²) in [6.07, 6.45) is 1.47. The van der Waals surface area contributed by atoms with Crippen LogP contribution in [-0.2, 0) is 12.7 Å². The van der Waals surface area contributed by atoms with Crippen molar-refractivity contribution in [2.75, 3.05) is 33.7 Å². The fourth-order valence-corrected chi connectivity index (χ4v) is 3.02. The van der Waals surface area contributed by atoms with Crippen molar-refractivity contribution >= 4 is 17.3 Å². The molecule has 0 atom stereocenters. The van der Waals surface area contributed by atoms with Gasteiger partial charge in [0.05, 0.1) is 6.54 Å². The molecule has 0 saturated carbocycles. The fourth-order valence-electron chi connectivity index (χ4n) is 2.29. The van der Waals surface area contributed by atoms with E-state index in [2.05, 4.69) is 39.6 Å². The van der Waals surface area contributed by atoms with Gasteiger partial charge in [-0.05, 0) is 40.4 Å². The number of aliphatic imine (C=N–C) groups is 1. The molecular formula is C17H30F3N5S. The number of thiazole rings is 1. The molecule has 0 unspecified atom stereocenters. The maximum Gasteiger partial charge on any atom is 0.434 e. The number of nitrogens with one attached hydrogen (secondary N) is 2. The molecule has 0 aliphatic rings. The van der Waals surface area contributed by atoms with Crippen LogP contribution in [0, 0.1) is 0 Å². The Labute approximate surface area is 158 Å². The van der Waals surface area contributed by atoms with Gasteiger partial charge < -0.3 is 15.5 Å². The van der Waals surface area contributed by atoms with Crippen molar-refractivity contribution in [1.29, 1.82) is 0 Å². The summed E-state index contributed by atoms with van der Waals surface area (Å²) in [6.45, 7) is 4.71. The molecule has 0 aromatic carbocycles. The zero-order chi connectivity index (χ0) is 19.4. The second kappa shape index (κ2) is 12.1. The molecule has 1 aromatic rings. The minimum Gasteiger partial charge on any atom is -0.357 e. The summed E-state index contributed by atoms with van der Waals surface area (Å²) in [7, 11) is 4.17. The van der Waals surface area contributed by atoms with E-state index in [0.29, 0.717) is 17.5 Å². The van der Waals surface area contributed by atoms with Crippen molar-refractivity contribution in [3.05, 3.63) is 16.1 Å². The van der Waals surface area contributed by atoms with Gasteiger partial charge in [-0.2, -0.15) is 13.2 Å². The third kappa shape index (κ3) is 9.96. The lowest BCUT2D eigenvalue weighted by atomic mass is 10.1. The topological polar surface area (TPSA) is 52.6 Å². The van der Waals surface area contributed by atoms with Crippen LogP contribution in [0.5, 0.6) is 0 Å². The van der Waals surface area contributed by atoms with Crippen LogP contribution in [0.25, 0.3) is 0 Å². The van der Waals surface area contributed by atoms with E-state index < -0.39 is 11.9 Å². The first-order chi connectivity index (χ1) is 12.3. The Balaban J connectivity index is 2.30. The Hall–Kier alpha value is -1.35. The number of rotatable bonds is 11. The van der Waals surface area contributed by atoms with Crippen LogP contribution in [-0.4, -0.2) is 49.6 Å². The number of guanidine groups is 1. The molecule has 0 amide bonds. The van der Waals surface area contributed by atoms with Crippen molar-refractivity contribution in [3.63, 3.8) is 0 Å². The highest BCUT2D eigenvalue weighted by atomic mass is 32.1. The highest BCUT2D eigenvalue weighted by molar-refractivity contribution is 7.09. The van der Waals surface area contributed by atoms with E-state index in [-0.39, 0.29) is 6.54 Å². The van der Waals surface area contributed by atoms with Crippen molar-refractivity contribution < 1.29 is 13.2 Å². The summed E-state index contributed by atoms with van der Waals surface area (Å²) in [5.74, 6) is 0.615. The van der Waals surface area contributed by atoms with Crippen LogP contribution in [0.4, 0.5) is 13.2 Å². The van der Waals surface area contributed by atoms with E-state index >= 15 is 0 Å². The summed E-state index contributed by atoms with van der Waals surface area (Å²) < 4.78 is 37.7. The third-order valence-electron chi connectivity index (χ3n) is 3.63. The first-order valence-corrected chi connectivity index (χ1v) is 9.89. The van der Waals surface area contributed by atoms with Gasteiger partial charge in [-0.1, -0.05) is 19.3 Å². The van der Waals surface area contributed by atoms with Gasteiger partial charge in [-0.15, -0.1) is 11.3 Å². The first-order valence-electron chi connectivity index (χ1n) is 9.01. The molecule has 0 bridgehead atoms. The number of unbranched alkanes of at least 4 members (excludes halogenated alkanes) is 4. The molecule has 0 fully saturated rings. The standard InChI is InChI=1S/C17H30F3N5S/c1-4-21-16(22-10-8-6-5-7-9-11-25(2)3)23-12-15-24-14(13-26-15)17(18,19)20/h13H,4-12H2,1-3H3,(H2,21,22,23). The predicted octanol–water partition coefficient (Wildman–Crippen LogP) is 3.73. The van der Waals surface area contributed by atoms with Gasteiger partial charge in [-0.3, -0.25) is 0 Å². The molecule has 1 heterocycles. The maximum atomic E-state index is 12.6. The minimum absolute atomic E-state index is 0.139. The molecule has 5 nitrogen and oxygen atoms in total. The lowest BCUT2D eigenvalue weighted by Gasteiger charge is -2.11. The minimum atomic E-state index is -4.40. The van der Waals surface area contributed by atoms with Crippen molar-refractivity contribution in [1.82, 2.24) is 20.5 Å². The van der Waals surface area contributed by atoms with Crippen LogP contribution in [0.2, 0.25) is 0 Å². The Morgan fingerprint density at radius 3 is 2.46 bits per heavy atom. The van der Waals surface area contributed by atoms with E-state index in [9.17, 15) is 13.2 Å². The fraction of sp³-hybridized carbons (Fsp3) is 0.765. The summed E-state index contributed by atoms with van der Waals surface area (Å²) in [4.78, 5) is 10.1. The monoisotopic (exact) mass is 393 g/mol. The number of halogens is 3. The largest absolute Gasteiger partial charge is 0.434 e. The highest BCUT2D eigenvalue weighted by Crippen LogP contribution is 2.30. The molecule has 0 spiro atoms. The molecule has 0 radical (unpaired) electrons. The molecular weight excluding hydrogens is 363 g/mol. The third-order valence-corrected chi connectivity index (χ3v) is 4.47. The zero-order valence-corrected chi connectivity index (χ0v) is 16.6. The highest BCUT2D eigenvalue weighted by Gasteiger charge is 2.33. The smallest absolute Gasteiger partial charge is 0.357 e. The van der Waals surface area contributed by atoms with Crippen molar-refractivity contribution in [3.8, 4) is 0 Å². The Morgan fingerprint density at radius 2 is 1.85 bits per heavy atom. The number of alkyl halides is 3. The van der Waals surface area contributed by atoms with Crippen LogP contribution in [0.1, 0.15) is 49.7 Å². The van der Waals surface area contributed by atoms with E-state index in [1.807, 2.05) is 6.92 Å². The number of hydrogen-bond donors (Lipinski definition) is 2. The maximum absolute atomic E-state index is 12.6. The molecule has 0 saturated heterocycles. The van der Waals surface area contributed by atoms with Crippen molar-refractivity contribution in [2.45, 2.75) is 51.7 Å². The second-order valence-electron chi connectivity index (χ2n) is 6.32. The van der Waals surface area contributed by atoms with Gasteiger partial charge in [0.15, 0.2) is 11.7 Å². The number of hydrogen-bond acceptors (Lipinski definition) is 4. The zero-order valence-electron chi connectivity index (χ0n) is 15.8. The Morgan fingerprint density at radius 1 is 1.15 bits per heavy atom. The average molecular weight is 394 g/mol. The molecule has 0 aliphatic carbocycles. The quantitative estimate of drug-likeness (QED) is 0.342. The average Bonchev–Trinajstić information content (AvgIpc) is 3.04. The summed E-state index contributed by atoms with van der Waals surface area (Å²) in [6, 6.07) is 0. The van der Waals surface area contributed by atoms with Gasteiger partial charge in [0.25, 0.3) is 0 Å². The Kier molecular flexibility index (Phi) is 10.6. The summed E-state index contributed by atoms with van der Waals surface area (Å²) in [5, 5.41) is 7.71. The first kappa shape index (κ1) is 22.7. The van der Waals surface area contributed by atoms with Gasteiger partial charge in [0.2, 0.25) is 0 Å². The second-order valence-corrected chi connectivity index (χ2v) is 7.26. The van der Waals surface area contributed by atoms with Crippen LogP contribution in [0.15, 0.2) is 10.4 Å². The Bertz CT molecular complexity index is 529. The molecule has 9 heteroatoms. The summed E-state index contributed by atoms with van der Waals surface area (Å²) in [5.41, 5.74) is -0.847. The van der Waals surface area contributed by atoms with E-state index in [1.54, 1.807) is 0 Å². The van der Waals surface area contributed by atoms with Gasteiger partial charge in [0.1, 0.15) is 5.01 Å². The summed E-state index contributed by atoms with van der Waals surface area (Å²) >= 11 is 0.981. The van der Waals surface area contributed by atoms with E-state index in [1.165, 1.54) is 19.3 Å². The normalized spacial score (nSPS) is 12.7. The van der Waals surface area contributed by atoms with E-state index in [4.69, 9.17) is 0 Å². The molecule has 150 valence electrons. The SMILES string of the molecule is CCNC(=NCc1nc(C(F)(F)F)cs1)NCCCCCCCN(C)C. The lowest BCUT2D eigenvalue weighted by molar-refractivity contribution is -0.140. The van der Waals surface area contributed by atoms with Crippen LogP contribution in [0.3, 0.4) is 0 Å².